The summed E-state index contributed by atoms with van der Waals surface area (Å²) in [6.07, 6.45) is 5.00. The Balaban J connectivity index is 2.00. The van der Waals surface area contributed by atoms with Crippen LogP contribution in [0.2, 0.25) is 0 Å². The van der Waals surface area contributed by atoms with Crippen molar-refractivity contribution in [3.63, 3.8) is 0 Å². The number of phenols is 2. The van der Waals surface area contributed by atoms with Gasteiger partial charge in [0.05, 0.1) is 6.04 Å². The summed E-state index contributed by atoms with van der Waals surface area (Å²) >= 11 is 0. The summed E-state index contributed by atoms with van der Waals surface area (Å²) in [5.41, 5.74) is 6.49. The van der Waals surface area contributed by atoms with Crippen LogP contribution < -0.4 is 11.1 Å². The van der Waals surface area contributed by atoms with Crippen LogP contribution in [0.5, 0.6) is 11.5 Å². The van der Waals surface area contributed by atoms with Crippen LogP contribution in [-0.2, 0) is 16.0 Å². The number of aromatic hydroxyl groups is 2. The van der Waals surface area contributed by atoms with E-state index in [0.717, 1.165) is 32.1 Å². The molecule has 1 amide bonds. The van der Waals surface area contributed by atoms with Crippen molar-refractivity contribution in [1.82, 2.24) is 5.32 Å². The molecule has 1 aromatic carbocycles. The predicted molar refractivity (Wildman–Crippen MR) is 87.6 cm³/mol. The van der Waals surface area contributed by atoms with Crippen LogP contribution in [-0.4, -0.2) is 39.3 Å². The van der Waals surface area contributed by atoms with E-state index in [1.807, 2.05) is 0 Å². The third kappa shape index (κ3) is 4.61. The Kier molecular flexibility index (Phi) is 6.03. The van der Waals surface area contributed by atoms with Gasteiger partial charge in [0.15, 0.2) is 11.5 Å². The fourth-order valence-electron chi connectivity index (χ4n) is 3.11. The van der Waals surface area contributed by atoms with Crippen molar-refractivity contribution < 1.29 is 24.9 Å². The monoisotopic (exact) mass is 336 g/mol. The summed E-state index contributed by atoms with van der Waals surface area (Å²) in [6.45, 7) is 0. The summed E-state index contributed by atoms with van der Waals surface area (Å²) in [5.74, 6) is -2.16. The molecule has 1 saturated carbocycles. The van der Waals surface area contributed by atoms with E-state index in [4.69, 9.17) is 5.73 Å². The van der Waals surface area contributed by atoms with Gasteiger partial charge in [0.2, 0.25) is 5.91 Å². The highest BCUT2D eigenvalue weighted by molar-refractivity contribution is 5.87. The zero-order valence-corrected chi connectivity index (χ0v) is 13.4. The zero-order chi connectivity index (χ0) is 17.7. The second kappa shape index (κ2) is 8.01. The van der Waals surface area contributed by atoms with E-state index in [1.165, 1.54) is 18.2 Å². The molecule has 7 nitrogen and oxygen atoms in total. The average Bonchev–Trinajstić information content (AvgIpc) is 2.57. The van der Waals surface area contributed by atoms with E-state index in [1.54, 1.807) is 0 Å². The van der Waals surface area contributed by atoms with E-state index >= 15 is 0 Å². The van der Waals surface area contributed by atoms with Gasteiger partial charge in [0, 0.05) is 6.42 Å². The highest BCUT2D eigenvalue weighted by atomic mass is 16.4. The molecule has 1 aliphatic rings. The molecule has 0 unspecified atom stereocenters. The average molecular weight is 336 g/mol. The first kappa shape index (κ1) is 18.1. The molecule has 0 heterocycles. The molecule has 6 N–H and O–H groups in total. The van der Waals surface area contributed by atoms with Crippen LogP contribution in [0.25, 0.3) is 0 Å². The van der Waals surface area contributed by atoms with Crippen LogP contribution in [0, 0.1) is 5.92 Å². The van der Waals surface area contributed by atoms with Gasteiger partial charge >= 0.3 is 5.97 Å². The number of rotatable bonds is 6. The lowest BCUT2D eigenvalue weighted by Crippen LogP contribution is -2.52. The molecular weight excluding hydrogens is 312 g/mol. The SMILES string of the molecule is N[C@H](C(=O)N[C@@H](Cc1ccc(O)c(O)c1)C(=O)O)C1CCCCC1. The first-order chi connectivity index (χ1) is 11.4. The Bertz CT molecular complexity index is 599. The number of hydrogen-bond acceptors (Lipinski definition) is 5. The highest BCUT2D eigenvalue weighted by Gasteiger charge is 2.29. The van der Waals surface area contributed by atoms with Gasteiger partial charge in [-0.2, -0.15) is 0 Å². The normalized spacial score (nSPS) is 17.9. The molecule has 24 heavy (non-hydrogen) atoms. The summed E-state index contributed by atoms with van der Waals surface area (Å²) < 4.78 is 0. The number of hydrogen-bond donors (Lipinski definition) is 5. The molecule has 1 aliphatic carbocycles. The summed E-state index contributed by atoms with van der Waals surface area (Å²) in [6, 6.07) is 2.20. The fraction of sp³-hybridized carbons (Fsp3) is 0.529. The number of benzene rings is 1. The number of phenolic OH excluding ortho intramolecular Hbond substituents is 2. The number of aliphatic carboxylic acids is 1. The van der Waals surface area contributed by atoms with Gasteiger partial charge in [-0.3, -0.25) is 4.79 Å². The van der Waals surface area contributed by atoms with E-state index in [9.17, 15) is 24.9 Å². The topological polar surface area (TPSA) is 133 Å². The van der Waals surface area contributed by atoms with Crippen molar-refractivity contribution in [2.45, 2.75) is 50.6 Å². The lowest BCUT2D eigenvalue weighted by atomic mass is 9.84. The minimum Gasteiger partial charge on any atom is -0.504 e. The zero-order valence-electron chi connectivity index (χ0n) is 13.4. The first-order valence-corrected chi connectivity index (χ1v) is 8.18. The standard InChI is InChI=1S/C17H24N2O5/c18-15(11-4-2-1-3-5-11)16(22)19-12(17(23)24)8-10-6-7-13(20)14(21)9-10/h6-7,9,11-12,15,20-21H,1-5,8,18H2,(H,19,22)(H,23,24)/t12-,15-/m0/s1. The molecule has 2 atom stereocenters. The third-order valence-corrected chi connectivity index (χ3v) is 4.55. The lowest BCUT2D eigenvalue weighted by molar-refractivity contribution is -0.142. The predicted octanol–water partition coefficient (Wildman–Crippen LogP) is 1.12. The molecule has 0 saturated heterocycles. The highest BCUT2D eigenvalue weighted by Crippen LogP contribution is 2.27. The van der Waals surface area contributed by atoms with Gasteiger partial charge in [-0.05, 0) is 36.5 Å². The van der Waals surface area contributed by atoms with Gasteiger partial charge < -0.3 is 26.4 Å². The first-order valence-electron chi connectivity index (χ1n) is 8.18. The number of carboxylic acid groups (broad SMARTS) is 1. The van der Waals surface area contributed by atoms with E-state index in [-0.39, 0.29) is 23.8 Å². The summed E-state index contributed by atoms with van der Waals surface area (Å²) in [5, 5.41) is 30.6. The minimum atomic E-state index is -1.17. The third-order valence-electron chi connectivity index (χ3n) is 4.55. The smallest absolute Gasteiger partial charge is 0.326 e. The van der Waals surface area contributed by atoms with E-state index in [2.05, 4.69) is 5.32 Å². The fourth-order valence-corrected chi connectivity index (χ4v) is 3.11. The van der Waals surface area contributed by atoms with Crippen LogP contribution in [0.15, 0.2) is 18.2 Å². The Morgan fingerprint density at radius 2 is 1.83 bits per heavy atom. The van der Waals surface area contributed by atoms with E-state index < -0.39 is 24.0 Å². The van der Waals surface area contributed by atoms with Crippen molar-refractivity contribution in [2.24, 2.45) is 11.7 Å². The molecule has 1 fully saturated rings. The number of carbonyl (C=O) groups excluding carboxylic acids is 1. The molecule has 0 aliphatic heterocycles. The summed E-state index contributed by atoms with van der Waals surface area (Å²) in [7, 11) is 0. The van der Waals surface area contributed by atoms with Crippen molar-refractivity contribution in [3.8, 4) is 11.5 Å². The van der Waals surface area contributed by atoms with Crippen LogP contribution in [0.3, 0.4) is 0 Å². The minimum absolute atomic E-state index is 0.00764. The van der Waals surface area contributed by atoms with Gasteiger partial charge in [-0.1, -0.05) is 25.3 Å². The molecule has 0 spiro atoms. The Morgan fingerprint density at radius 3 is 2.42 bits per heavy atom. The molecule has 2 rings (SSSR count). The molecule has 0 bridgehead atoms. The number of amides is 1. The van der Waals surface area contributed by atoms with Gasteiger partial charge in [0.25, 0.3) is 0 Å². The molecule has 7 heteroatoms. The molecular formula is C17H24N2O5. The maximum Gasteiger partial charge on any atom is 0.326 e. The van der Waals surface area contributed by atoms with Gasteiger partial charge in [-0.25, -0.2) is 4.79 Å². The van der Waals surface area contributed by atoms with Crippen LogP contribution >= 0.6 is 0 Å². The molecule has 132 valence electrons. The van der Waals surface area contributed by atoms with Crippen molar-refractivity contribution in [3.05, 3.63) is 23.8 Å². The van der Waals surface area contributed by atoms with E-state index in [0.29, 0.717) is 5.56 Å². The van der Waals surface area contributed by atoms with Crippen molar-refractivity contribution >= 4 is 11.9 Å². The van der Waals surface area contributed by atoms with Crippen LogP contribution in [0.1, 0.15) is 37.7 Å². The number of nitrogens with two attached hydrogens (primary N) is 1. The Labute approximate surface area is 140 Å². The maximum atomic E-state index is 12.3. The quantitative estimate of drug-likeness (QED) is 0.494. The number of nitrogens with one attached hydrogen (secondary N) is 1. The van der Waals surface area contributed by atoms with Gasteiger partial charge in [0.1, 0.15) is 6.04 Å². The van der Waals surface area contributed by atoms with Gasteiger partial charge in [-0.15, -0.1) is 0 Å². The van der Waals surface area contributed by atoms with Crippen molar-refractivity contribution in [2.75, 3.05) is 0 Å². The second-order valence-corrected chi connectivity index (χ2v) is 6.35. The van der Waals surface area contributed by atoms with Crippen LogP contribution in [0.4, 0.5) is 0 Å². The molecule has 0 aromatic heterocycles. The maximum absolute atomic E-state index is 12.3. The molecule has 0 radical (unpaired) electrons. The Morgan fingerprint density at radius 1 is 1.17 bits per heavy atom. The summed E-state index contributed by atoms with van der Waals surface area (Å²) in [4.78, 5) is 23.7. The number of carboxylic acids is 1. The second-order valence-electron chi connectivity index (χ2n) is 6.35. The largest absolute Gasteiger partial charge is 0.504 e. The molecule has 1 aromatic rings. The lowest BCUT2D eigenvalue weighted by Gasteiger charge is -2.27. The van der Waals surface area contributed by atoms with Crippen molar-refractivity contribution in [1.29, 1.82) is 0 Å². The Hall–Kier alpha value is -2.28. The number of carbonyl (C=O) groups is 2.